The van der Waals surface area contributed by atoms with Gasteiger partial charge in [-0.1, -0.05) is 6.07 Å². The van der Waals surface area contributed by atoms with Gasteiger partial charge in [0.15, 0.2) is 11.5 Å². The van der Waals surface area contributed by atoms with Crippen LogP contribution < -0.4 is 25.4 Å². The topological polar surface area (TPSA) is 106 Å². The standard InChI is InChI=1S/C16H19N3O5/c20-14(5-3-11-15(21)19-16(22)18-11)17-9-10-2-4-12-13(8-10)24-7-1-6-23-12/h2,4,8,11H,1,3,5-7,9H2,(H,17,20)(H2,18,19,21,22). The highest BCUT2D eigenvalue weighted by atomic mass is 16.5. The lowest BCUT2D eigenvalue weighted by atomic mass is 10.1. The van der Waals surface area contributed by atoms with E-state index >= 15 is 0 Å². The minimum absolute atomic E-state index is 0.156. The Balaban J connectivity index is 1.47. The Labute approximate surface area is 138 Å². The molecule has 2 aliphatic rings. The largest absolute Gasteiger partial charge is 0.490 e. The number of benzene rings is 1. The van der Waals surface area contributed by atoms with E-state index in [9.17, 15) is 14.4 Å². The van der Waals surface area contributed by atoms with E-state index in [1.54, 1.807) is 0 Å². The molecule has 1 atom stereocenters. The van der Waals surface area contributed by atoms with Crippen molar-refractivity contribution in [2.45, 2.75) is 31.8 Å². The fourth-order valence-corrected chi connectivity index (χ4v) is 2.54. The van der Waals surface area contributed by atoms with Crippen molar-refractivity contribution in [3.63, 3.8) is 0 Å². The molecular weight excluding hydrogens is 314 g/mol. The maximum absolute atomic E-state index is 11.9. The molecule has 0 spiro atoms. The summed E-state index contributed by atoms with van der Waals surface area (Å²) < 4.78 is 11.2. The number of urea groups is 1. The van der Waals surface area contributed by atoms with Gasteiger partial charge >= 0.3 is 6.03 Å². The van der Waals surface area contributed by atoms with Crippen LogP contribution in [0, 0.1) is 0 Å². The molecule has 128 valence electrons. The summed E-state index contributed by atoms with van der Waals surface area (Å²) in [6.45, 7) is 1.60. The van der Waals surface area contributed by atoms with Crippen LogP contribution in [0.15, 0.2) is 18.2 Å². The first-order valence-corrected chi connectivity index (χ1v) is 7.88. The summed E-state index contributed by atoms with van der Waals surface area (Å²) in [5.74, 6) is 0.821. The van der Waals surface area contributed by atoms with Crippen LogP contribution in [-0.2, 0) is 16.1 Å². The lowest BCUT2D eigenvalue weighted by Gasteiger charge is -2.11. The third kappa shape index (κ3) is 3.95. The van der Waals surface area contributed by atoms with Gasteiger partial charge in [-0.15, -0.1) is 0 Å². The summed E-state index contributed by atoms with van der Waals surface area (Å²) in [4.78, 5) is 34.3. The number of imide groups is 1. The molecule has 1 unspecified atom stereocenters. The molecular formula is C16H19N3O5. The Morgan fingerprint density at radius 2 is 2.00 bits per heavy atom. The highest BCUT2D eigenvalue weighted by Gasteiger charge is 2.29. The van der Waals surface area contributed by atoms with Crippen LogP contribution in [0.2, 0.25) is 0 Å². The number of amides is 4. The van der Waals surface area contributed by atoms with Crippen molar-refractivity contribution in [2.24, 2.45) is 0 Å². The lowest BCUT2D eigenvalue weighted by molar-refractivity contribution is -0.122. The molecule has 24 heavy (non-hydrogen) atoms. The fourth-order valence-electron chi connectivity index (χ4n) is 2.54. The molecule has 1 saturated heterocycles. The zero-order valence-corrected chi connectivity index (χ0v) is 13.1. The molecule has 0 radical (unpaired) electrons. The second-order valence-electron chi connectivity index (χ2n) is 5.66. The maximum Gasteiger partial charge on any atom is 0.322 e. The number of carbonyl (C=O) groups excluding carboxylic acids is 3. The Bertz CT molecular complexity index is 661. The summed E-state index contributed by atoms with van der Waals surface area (Å²) in [5.41, 5.74) is 0.902. The molecule has 1 aromatic carbocycles. The van der Waals surface area contributed by atoms with Gasteiger partial charge in [0.1, 0.15) is 6.04 Å². The number of fused-ring (bicyclic) bond motifs is 1. The van der Waals surface area contributed by atoms with E-state index in [0.29, 0.717) is 31.3 Å². The van der Waals surface area contributed by atoms with Crippen molar-refractivity contribution in [1.29, 1.82) is 0 Å². The van der Waals surface area contributed by atoms with E-state index in [4.69, 9.17) is 9.47 Å². The second-order valence-corrected chi connectivity index (χ2v) is 5.66. The van der Waals surface area contributed by atoms with Gasteiger partial charge in [0.2, 0.25) is 5.91 Å². The molecule has 0 saturated carbocycles. The maximum atomic E-state index is 11.9. The summed E-state index contributed by atoms with van der Waals surface area (Å²) in [5, 5.41) is 7.39. The molecule has 0 aliphatic carbocycles. The van der Waals surface area contributed by atoms with E-state index in [0.717, 1.165) is 12.0 Å². The van der Waals surface area contributed by atoms with Crippen LogP contribution in [-0.4, -0.2) is 37.1 Å². The molecule has 1 aromatic rings. The first-order valence-electron chi connectivity index (χ1n) is 7.88. The van der Waals surface area contributed by atoms with Crippen LogP contribution in [0.3, 0.4) is 0 Å². The normalized spacial score (nSPS) is 19.2. The van der Waals surface area contributed by atoms with Crippen molar-refractivity contribution in [3.8, 4) is 11.5 Å². The van der Waals surface area contributed by atoms with E-state index in [2.05, 4.69) is 16.0 Å². The van der Waals surface area contributed by atoms with Crippen LogP contribution in [0.4, 0.5) is 4.79 Å². The molecule has 0 aromatic heterocycles. The summed E-state index contributed by atoms with van der Waals surface area (Å²) in [6.07, 6.45) is 1.26. The predicted octanol–water partition coefficient (Wildman–Crippen LogP) is 0.452. The van der Waals surface area contributed by atoms with Crippen molar-refractivity contribution >= 4 is 17.8 Å². The van der Waals surface area contributed by atoms with Gasteiger partial charge in [-0.3, -0.25) is 14.9 Å². The Morgan fingerprint density at radius 3 is 2.75 bits per heavy atom. The van der Waals surface area contributed by atoms with E-state index < -0.39 is 18.0 Å². The predicted molar refractivity (Wildman–Crippen MR) is 83.6 cm³/mol. The third-order valence-corrected chi connectivity index (χ3v) is 3.82. The highest BCUT2D eigenvalue weighted by Crippen LogP contribution is 2.30. The van der Waals surface area contributed by atoms with Crippen molar-refractivity contribution in [2.75, 3.05) is 13.2 Å². The second kappa shape index (κ2) is 7.20. The summed E-state index contributed by atoms with van der Waals surface area (Å²) in [7, 11) is 0. The van der Waals surface area contributed by atoms with Crippen molar-refractivity contribution in [1.82, 2.24) is 16.0 Å². The van der Waals surface area contributed by atoms with Gasteiger partial charge in [-0.2, -0.15) is 0 Å². The van der Waals surface area contributed by atoms with Gasteiger partial charge in [0.25, 0.3) is 5.91 Å². The number of carbonyl (C=O) groups is 3. The first kappa shape index (κ1) is 16.1. The van der Waals surface area contributed by atoms with Gasteiger partial charge in [-0.05, 0) is 24.1 Å². The summed E-state index contributed by atoms with van der Waals surface area (Å²) >= 11 is 0. The minimum Gasteiger partial charge on any atom is -0.490 e. The van der Waals surface area contributed by atoms with Crippen LogP contribution in [0.25, 0.3) is 0 Å². The van der Waals surface area contributed by atoms with Crippen LogP contribution >= 0.6 is 0 Å². The molecule has 2 heterocycles. The smallest absolute Gasteiger partial charge is 0.322 e. The minimum atomic E-state index is -0.638. The first-order chi connectivity index (χ1) is 11.6. The van der Waals surface area contributed by atoms with Gasteiger partial charge in [0, 0.05) is 19.4 Å². The molecule has 1 fully saturated rings. The number of hydrogen-bond donors (Lipinski definition) is 3. The van der Waals surface area contributed by atoms with E-state index in [1.165, 1.54) is 0 Å². The SMILES string of the molecule is O=C(CCC1NC(=O)NC1=O)NCc1ccc2c(c1)OCCCO2. The zero-order valence-electron chi connectivity index (χ0n) is 13.1. The third-order valence-electron chi connectivity index (χ3n) is 3.82. The van der Waals surface area contributed by atoms with E-state index in [-0.39, 0.29) is 18.7 Å². The lowest BCUT2D eigenvalue weighted by Crippen LogP contribution is -2.31. The molecule has 3 N–H and O–H groups in total. The quantitative estimate of drug-likeness (QED) is 0.679. The zero-order chi connectivity index (χ0) is 16.9. The fraction of sp³-hybridized carbons (Fsp3) is 0.438. The number of rotatable bonds is 5. The molecule has 0 bridgehead atoms. The van der Waals surface area contributed by atoms with Crippen LogP contribution in [0.1, 0.15) is 24.8 Å². The van der Waals surface area contributed by atoms with Gasteiger partial charge < -0.3 is 20.1 Å². The number of ether oxygens (including phenoxy) is 2. The Morgan fingerprint density at radius 1 is 1.21 bits per heavy atom. The number of hydrogen-bond acceptors (Lipinski definition) is 5. The molecule has 8 nitrogen and oxygen atoms in total. The van der Waals surface area contributed by atoms with Crippen LogP contribution in [0.5, 0.6) is 11.5 Å². The summed E-state index contributed by atoms with van der Waals surface area (Å²) in [6, 6.07) is 4.41. The molecule has 2 aliphatic heterocycles. The molecule has 4 amide bonds. The monoisotopic (exact) mass is 333 g/mol. The Hall–Kier alpha value is -2.77. The van der Waals surface area contributed by atoms with Gasteiger partial charge in [0.05, 0.1) is 13.2 Å². The van der Waals surface area contributed by atoms with Gasteiger partial charge in [-0.25, -0.2) is 4.79 Å². The highest BCUT2D eigenvalue weighted by molar-refractivity contribution is 6.04. The van der Waals surface area contributed by atoms with E-state index in [1.807, 2.05) is 18.2 Å². The number of nitrogens with one attached hydrogen (secondary N) is 3. The molecule has 8 heteroatoms. The average molecular weight is 333 g/mol. The average Bonchev–Trinajstić information content (AvgIpc) is 2.76. The Kier molecular flexibility index (Phi) is 4.83. The molecule has 3 rings (SSSR count). The van der Waals surface area contributed by atoms with Crippen molar-refractivity contribution < 1.29 is 23.9 Å². The van der Waals surface area contributed by atoms with Crippen molar-refractivity contribution in [3.05, 3.63) is 23.8 Å².